The standard InChI is InChI=1S/C19H17N5O2/c1-12-5-6-14(10-13(12)2)15-7-8-17-21-22-18(24(17)23-15)11-20-19(25)16-4-3-9-26-16/h3-10H,11H2,1-2H3,(H,20,25). The Balaban J connectivity index is 1.62. The van der Waals surface area contributed by atoms with Crippen LogP contribution in [0.1, 0.15) is 27.5 Å². The number of nitrogens with one attached hydrogen (secondary N) is 1. The van der Waals surface area contributed by atoms with E-state index in [0.717, 1.165) is 11.3 Å². The van der Waals surface area contributed by atoms with E-state index in [1.165, 1.54) is 17.4 Å². The Morgan fingerprint density at radius 2 is 2.00 bits per heavy atom. The lowest BCUT2D eigenvalue weighted by atomic mass is 10.0. The summed E-state index contributed by atoms with van der Waals surface area (Å²) in [5.74, 6) is 0.491. The molecule has 0 radical (unpaired) electrons. The molecule has 0 saturated heterocycles. The number of fused-ring (bicyclic) bond motifs is 1. The van der Waals surface area contributed by atoms with Crippen molar-refractivity contribution < 1.29 is 9.21 Å². The number of carbonyl (C=O) groups excluding carboxylic acids is 1. The van der Waals surface area contributed by atoms with Gasteiger partial charge in [0.2, 0.25) is 0 Å². The summed E-state index contributed by atoms with van der Waals surface area (Å²) >= 11 is 0. The van der Waals surface area contributed by atoms with E-state index in [9.17, 15) is 4.79 Å². The van der Waals surface area contributed by atoms with Gasteiger partial charge in [0.1, 0.15) is 0 Å². The van der Waals surface area contributed by atoms with Crippen molar-refractivity contribution in [3.8, 4) is 11.3 Å². The van der Waals surface area contributed by atoms with Gasteiger partial charge in [0.25, 0.3) is 5.91 Å². The highest BCUT2D eigenvalue weighted by Crippen LogP contribution is 2.20. The number of benzene rings is 1. The molecular formula is C19H17N5O2. The molecule has 0 aliphatic heterocycles. The summed E-state index contributed by atoms with van der Waals surface area (Å²) in [6.07, 6.45) is 1.46. The van der Waals surface area contributed by atoms with Crippen molar-refractivity contribution in [2.75, 3.05) is 0 Å². The minimum atomic E-state index is -0.308. The molecule has 0 atom stereocenters. The smallest absolute Gasteiger partial charge is 0.287 e. The van der Waals surface area contributed by atoms with Gasteiger partial charge in [0.05, 0.1) is 18.5 Å². The molecule has 3 aromatic heterocycles. The van der Waals surface area contributed by atoms with E-state index >= 15 is 0 Å². The van der Waals surface area contributed by atoms with E-state index in [-0.39, 0.29) is 18.2 Å². The first kappa shape index (κ1) is 16.0. The fourth-order valence-electron chi connectivity index (χ4n) is 2.65. The molecular weight excluding hydrogens is 330 g/mol. The molecule has 4 aromatic rings. The Bertz CT molecular complexity index is 1080. The lowest BCUT2D eigenvalue weighted by Crippen LogP contribution is -2.23. The molecule has 1 amide bonds. The summed E-state index contributed by atoms with van der Waals surface area (Å²) in [6, 6.07) is 13.3. The maximum atomic E-state index is 12.0. The summed E-state index contributed by atoms with van der Waals surface area (Å²) < 4.78 is 6.73. The zero-order valence-electron chi connectivity index (χ0n) is 14.4. The molecule has 1 N–H and O–H groups in total. The largest absolute Gasteiger partial charge is 0.459 e. The highest BCUT2D eigenvalue weighted by Gasteiger charge is 2.12. The second-order valence-electron chi connectivity index (χ2n) is 6.06. The lowest BCUT2D eigenvalue weighted by molar-refractivity contribution is 0.0922. The number of hydrogen-bond donors (Lipinski definition) is 1. The maximum absolute atomic E-state index is 12.0. The number of aryl methyl sites for hydroxylation is 2. The Labute approximate surface area is 149 Å². The van der Waals surface area contributed by atoms with Gasteiger partial charge in [0, 0.05) is 5.56 Å². The molecule has 4 rings (SSSR count). The quantitative estimate of drug-likeness (QED) is 0.613. The monoisotopic (exact) mass is 347 g/mol. The van der Waals surface area contributed by atoms with Gasteiger partial charge in [-0.2, -0.15) is 9.61 Å². The van der Waals surface area contributed by atoms with Gasteiger partial charge in [-0.15, -0.1) is 10.2 Å². The van der Waals surface area contributed by atoms with E-state index in [1.54, 1.807) is 16.6 Å². The molecule has 3 heterocycles. The molecule has 0 spiro atoms. The van der Waals surface area contributed by atoms with Crippen LogP contribution in [0.15, 0.2) is 53.1 Å². The van der Waals surface area contributed by atoms with E-state index in [4.69, 9.17) is 4.42 Å². The van der Waals surface area contributed by atoms with Crippen molar-refractivity contribution in [2.24, 2.45) is 0 Å². The van der Waals surface area contributed by atoms with Gasteiger partial charge in [-0.1, -0.05) is 12.1 Å². The number of furan rings is 1. The van der Waals surface area contributed by atoms with Crippen molar-refractivity contribution in [1.29, 1.82) is 0 Å². The molecule has 0 aliphatic carbocycles. The van der Waals surface area contributed by atoms with Crippen LogP contribution in [0.5, 0.6) is 0 Å². The van der Waals surface area contributed by atoms with Crippen molar-refractivity contribution in [3.05, 3.63) is 71.4 Å². The second kappa shape index (κ2) is 6.44. The Morgan fingerprint density at radius 3 is 2.77 bits per heavy atom. The van der Waals surface area contributed by atoms with E-state index in [1.807, 2.05) is 18.2 Å². The number of nitrogens with zero attached hydrogens (tertiary/aromatic N) is 4. The normalized spacial score (nSPS) is 11.0. The van der Waals surface area contributed by atoms with Crippen LogP contribution in [0.4, 0.5) is 0 Å². The highest BCUT2D eigenvalue weighted by molar-refractivity contribution is 5.91. The van der Waals surface area contributed by atoms with Gasteiger partial charge >= 0.3 is 0 Å². The first-order valence-electron chi connectivity index (χ1n) is 8.22. The van der Waals surface area contributed by atoms with E-state index in [0.29, 0.717) is 11.5 Å². The van der Waals surface area contributed by atoms with Gasteiger partial charge in [-0.3, -0.25) is 4.79 Å². The van der Waals surface area contributed by atoms with Crippen LogP contribution in [0, 0.1) is 13.8 Å². The zero-order chi connectivity index (χ0) is 18.1. The van der Waals surface area contributed by atoms with Gasteiger partial charge in [-0.25, -0.2) is 0 Å². The van der Waals surface area contributed by atoms with Gasteiger partial charge in [0.15, 0.2) is 17.2 Å². The highest BCUT2D eigenvalue weighted by atomic mass is 16.3. The third kappa shape index (κ3) is 2.95. The van der Waals surface area contributed by atoms with Crippen LogP contribution in [0.2, 0.25) is 0 Å². The van der Waals surface area contributed by atoms with Crippen LogP contribution in [-0.2, 0) is 6.54 Å². The molecule has 0 unspecified atom stereocenters. The minimum absolute atomic E-state index is 0.198. The van der Waals surface area contributed by atoms with Crippen LogP contribution in [0.25, 0.3) is 16.9 Å². The van der Waals surface area contributed by atoms with E-state index < -0.39 is 0 Å². The SMILES string of the molecule is Cc1ccc(-c2ccc3nnc(CNC(=O)c4ccco4)n3n2)cc1C. The summed E-state index contributed by atoms with van der Waals surface area (Å²) in [7, 11) is 0. The molecule has 0 fully saturated rings. The van der Waals surface area contributed by atoms with Crippen LogP contribution < -0.4 is 5.32 Å². The first-order valence-corrected chi connectivity index (χ1v) is 8.22. The molecule has 7 nitrogen and oxygen atoms in total. The lowest BCUT2D eigenvalue weighted by Gasteiger charge is -2.06. The maximum Gasteiger partial charge on any atom is 0.287 e. The van der Waals surface area contributed by atoms with Crippen molar-refractivity contribution in [3.63, 3.8) is 0 Å². The summed E-state index contributed by atoms with van der Waals surface area (Å²) in [6.45, 7) is 4.35. The summed E-state index contributed by atoms with van der Waals surface area (Å²) in [5, 5.41) is 15.6. The van der Waals surface area contributed by atoms with E-state index in [2.05, 4.69) is 46.6 Å². The summed E-state index contributed by atoms with van der Waals surface area (Å²) in [4.78, 5) is 12.0. The fourth-order valence-corrected chi connectivity index (χ4v) is 2.65. The number of hydrogen-bond acceptors (Lipinski definition) is 5. The predicted molar refractivity (Wildman–Crippen MR) is 95.6 cm³/mol. The van der Waals surface area contributed by atoms with Crippen molar-refractivity contribution in [2.45, 2.75) is 20.4 Å². The third-order valence-electron chi connectivity index (χ3n) is 4.28. The topological polar surface area (TPSA) is 85.3 Å². The Kier molecular flexibility index (Phi) is 3.96. The summed E-state index contributed by atoms with van der Waals surface area (Å²) in [5.41, 5.74) is 4.91. The zero-order valence-corrected chi connectivity index (χ0v) is 14.4. The Morgan fingerprint density at radius 1 is 1.12 bits per heavy atom. The average Bonchev–Trinajstić information content (AvgIpc) is 3.31. The Hall–Kier alpha value is -3.48. The molecule has 26 heavy (non-hydrogen) atoms. The average molecular weight is 347 g/mol. The van der Waals surface area contributed by atoms with Crippen LogP contribution in [-0.4, -0.2) is 25.7 Å². The van der Waals surface area contributed by atoms with Gasteiger partial charge < -0.3 is 9.73 Å². The minimum Gasteiger partial charge on any atom is -0.459 e. The number of rotatable bonds is 4. The first-order chi connectivity index (χ1) is 12.6. The van der Waals surface area contributed by atoms with Crippen molar-refractivity contribution >= 4 is 11.6 Å². The predicted octanol–water partition coefficient (Wildman–Crippen LogP) is 2.93. The molecule has 130 valence electrons. The second-order valence-corrected chi connectivity index (χ2v) is 6.06. The molecule has 0 aliphatic rings. The molecule has 0 bridgehead atoms. The van der Waals surface area contributed by atoms with Gasteiger partial charge in [-0.05, 0) is 55.3 Å². The molecule has 1 aromatic carbocycles. The van der Waals surface area contributed by atoms with Crippen LogP contribution >= 0.6 is 0 Å². The number of aromatic nitrogens is 4. The fraction of sp³-hybridized carbons (Fsp3) is 0.158. The third-order valence-corrected chi connectivity index (χ3v) is 4.28. The molecule has 0 saturated carbocycles. The number of carbonyl (C=O) groups is 1. The van der Waals surface area contributed by atoms with Crippen molar-refractivity contribution in [1.82, 2.24) is 25.1 Å². The van der Waals surface area contributed by atoms with Crippen LogP contribution in [0.3, 0.4) is 0 Å². The molecule has 7 heteroatoms. The number of amides is 1.